The normalized spacial score (nSPS) is 18.8. The van der Waals surface area contributed by atoms with Gasteiger partial charge in [0.05, 0.1) is 23.2 Å². The van der Waals surface area contributed by atoms with E-state index in [0.29, 0.717) is 13.1 Å². The number of rotatable bonds is 7. The molecule has 128 valence electrons. The average Bonchev–Trinajstić information content (AvgIpc) is 2.81. The average molecular weight is 338 g/mol. The number of hydrogen-bond donors (Lipinski definition) is 2. The number of piperidine rings is 1. The molecule has 0 saturated carbocycles. The molecule has 1 aliphatic rings. The number of aromatic nitrogens is 1. The topological polar surface area (TPSA) is 88.3 Å². The third kappa shape index (κ3) is 5.58. The van der Waals surface area contributed by atoms with E-state index in [0.717, 1.165) is 42.9 Å². The van der Waals surface area contributed by atoms with Crippen molar-refractivity contribution in [2.45, 2.75) is 39.5 Å². The van der Waals surface area contributed by atoms with E-state index in [-0.39, 0.29) is 24.3 Å². The van der Waals surface area contributed by atoms with Gasteiger partial charge in [-0.05, 0) is 39.7 Å². The van der Waals surface area contributed by atoms with Crippen LogP contribution in [0, 0.1) is 19.8 Å². The molecule has 3 N–H and O–H groups in total. The first kappa shape index (κ1) is 17.9. The van der Waals surface area contributed by atoms with E-state index in [4.69, 9.17) is 5.73 Å². The number of nitrogens with two attached hydrogens (primary N) is 1. The van der Waals surface area contributed by atoms with Crippen molar-refractivity contribution < 1.29 is 9.59 Å². The summed E-state index contributed by atoms with van der Waals surface area (Å²) >= 11 is 1.73. The third-order valence-electron chi connectivity index (χ3n) is 4.20. The number of carbonyl (C=O) groups excluding carboxylic acids is 2. The van der Waals surface area contributed by atoms with Crippen LogP contribution < -0.4 is 11.1 Å². The molecular weight excluding hydrogens is 312 g/mol. The van der Waals surface area contributed by atoms with Crippen molar-refractivity contribution in [1.29, 1.82) is 0 Å². The third-order valence-corrected chi connectivity index (χ3v) is 5.33. The molecule has 2 rings (SSSR count). The predicted octanol–water partition coefficient (Wildman–Crippen LogP) is 1.01. The van der Waals surface area contributed by atoms with Crippen LogP contribution in [-0.4, -0.2) is 47.9 Å². The number of amides is 2. The van der Waals surface area contributed by atoms with Gasteiger partial charge in [-0.25, -0.2) is 4.98 Å². The van der Waals surface area contributed by atoms with Gasteiger partial charge in [0.2, 0.25) is 11.8 Å². The van der Waals surface area contributed by atoms with E-state index in [2.05, 4.69) is 17.2 Å². The highest BCUT2D eigenvalue weighted by Crippen LogP contribution is 2.18. The number of aryl methyl sites for hydroxylation is 3. The van der Waals surface area contributed by atoms with Crippen LogP contribution in [0.5, 0.6) is 0 Å². The second kappa shape index (κ2) is 8.40. The van der Waals surface area contributed by atoms with Crippen molar-refractivity contribution in [2.24, 2.45) is 11.7 Å². The molecule has 1 unspecified atom stereocenters. The predicted molar refractivity (Wildman–Crippen MR) is 91.3 cm³/mol. The molecule has 0 bridgehead atoms. The maximum absolute atomic E-state index is 12.2. The summed E-state index contributed by atoms with van der Waals surface area (Å²) in [5, 5.41) is 4.15. The maximum atomic E-state index is 12.2. The largest absolute Gasteiger partial charge is 0.369 e. The van der Waals surface area contributed by atoms with Crippen LogP contribution in [0.1, 0.15) is 34.8 Å². The molecule has 1 fully saturated rings. The Morgan fingerprint density at radius 1 is 1.43 bits per heavy atom. The summed E-state index contributed by atoms with van der Waals surface area (Å²) in [6.45, 7) is 6.49. The van der Waals surface area contributed by atoms with Gasteiger partial charge in [0.15, 0.2) is 0 Å². The van der Waals surface area contributed by atoms with E-state index < -0.39 is 0 Å². The van der Waals surface area contributed by atoms with Gasteiger partial charge < -0.3 is 11.1 Å². The summed E-state index contributed by atoms with van der Waals surface area (Å²) in [6, 6.07) is 0. The first-order valence-corrected chi connectivity index (χ1v) is 8.98. The Hall–Kier alpha value is -1.47. The number of primary amides is 1. The number of thiazole rings is 1. The minimum absolute atomic E-state index is 0.0348. The quantitative estimate of drug-likeness (QED) is 0.726. The zero-order chi connectivity index (χ0) is 16.8. The van der Waals surface area contributed by atoms with Gasteiger partial charge in [-0.15, -0.1) is 11.3 Å². The van der Waals surface area contributed by atoms with E-state index in [9.17, 15) is 9.59 Å². The first-order chi connectivity index (χ1) is 11.0. The molecular formula is C16H26N4O2S. The molecule has 1 aromatic heterocycles. The van der Waals surface area contributed by atoms with Crippen LogP contribution in [0.25, 0.3) is 0 Å². The summed E-state index contributed by atoms with van der Waals surface area (Å²) < 4.78 is 0. The number of nitrogens with one attached hydrogen (secondary N) is 1. The van der Waals surface area contributed by atoms with Gasteiger partial charge in [-0.2, -0.15) is 0 Å². The summed E-state index contributed by atoms with van der Waals surface area (Å²) in [5.74, 6) is -0.279. The molecule has 0 aliphatic carbocycles. The van der Waals surface area contributed by atoms with Crippen LogP contribution in [0.2, 0.25) is 0 Å². The highest BCUT2D eigenvalue weighted by atomic mass is 32.1. The van der Waals surface area contributed by atoms with Gasteiger partial charge in [-0.1, -0.05) is 0 Å². The number of likely N-dealkylation sites (tertiary alicyclic amines) is 1. The lowest BCUT2D eigenvalue weighted by atomic mass is 9.97. The summed E-state index contributed by atoms with van der Waals surface area (Å²) in [4.78, 5) is 31.0. The molecule has 0 spiro atoms. The number of hydrogen-bond acceptors (Lipinski definition) is 5. The molecule has 7 heteroatoms. The van der Waals surface area contributed by atoms with Crippen LogP contribution in [0.4, 0.5) is 0 Å². The van der Waals surface area contributed by atoms with Crippen molar-refractivity contribution >= 4 is 23.2 Å². The number of nitrogens with zero attached hydrogens (tertiary/aromatic N) is 2. The SMILES string of the molecule is Cc1nc(CCCNC(=O)C2CCCN(CC(N)=O)C2)sc1C. The molecule has 1 saturated heterocycles. The van der Waals surface area contributed by atoms with Crippen molar-refractivity contribution in [1.82, 2.24) is 15.2 Å². The molecule has 1 aliphatic heterocycles. The lowest BCUT2D eigenvalue weighted by molar-refractivity contribution is -0.128. The highest BCUT2D eigenvalue weighted by molar-refractivity contribution is 7.11. The van der Waals surface area contributed by atoms with Gasteiger partial charge in [-0.3, -0.25) is 14.5 Å². The Kier molecular flexibility index (Phi) is 6.53. The molecule has 2 amide bonds. The zero-order valence-electron chi connectivity index (χ0n) is 13.9. The lowest BCUT2D eigenvalue weighted by Crippen LogP contribution is -2.45. The van der Waals surface area contributed by atoms with Gasteiger partial charge in [0.1, 0.15) is 0 Å². The molecule has 1 aromatic rings. The zero-order valence-corrected chi connectivity index (χ0v) is 14.7. The monoisotopic (exact) mass is 338 g/mol. The molecule has 2 heterocycles. The van der Waals surface area contributed by atoms with Crippen molar-refractivity contribution in [3.8, 4) is 0 Å². The van der Waals surface area contributed by atoms with Crippen LogP contribution in [0.3, 0.4) is 0 Å². The summed E-state index contributed by atoms with van der Waals surface area (Å²) in [6.07, 6.45) is 3.61. The van der Waals surface area contributed by atoms with Crippen LogP contribution in [-0.2, 0) is 16.0 Å². The van der Waals surface area contributed by atoms with Gasteiger partial charge >= 0.3 is 0 Å². The van der Waals surface area contributed by atoms with E-state index in [1.165, 1.54) is 4.88 Å². The van der Waals surface area contributed by atoms with Gasteiger partial charge in [0, 0.05) is 24.4 Å². The highest BCUT2D eigenvalue weighted by Gasteiger charge is 2.26. The van der Waals surface area contributed by atoms with Crippen molar-refractivity contribution in [2.75, 3.05) is 26.2 Å². The van der Waals surface area contributed by atoms with E-state index in [1.807, 2.05) is 11.8 Å². The van der Waals surface area contributed by atoms with Crippen molar-refractivity contribution in [3.05, 3.63) is 15.6 Å². The Labute approximate surface area is 141 Å². The van der Waals surface area contributed by atoms with E-state index >= 15 is 0 Å². The second-order valence-electron chi connectivity index (χ2n) is 6.18. The molecule has 6 nitrogen and oxygen atoms in total. The Morgan fingerprint density at radius 2 is 2.22 bits per heavy atom. The minimum atomic E-state index is -0.333. The Balaban J connectivity index is 1.68. The molecule has 0 radical (unpaired) electrons. The van der Waals surface area contributed by atoms with Gasteiger partial charge in [0.25, 0.3) is 0 Å². The van der Waals surface area contributed by atoms with Crippen LogP contribution in [0.15, 0.2) is 0 Å². The fraction of sp³-hybridized carbons (Fsp3) is 0.688. The second-order valence-corrected chi connectivity index (χ2v) is 7.47. The van der Waals surface area contributed by atoms with E-state index in [1.54, 1.807) is 11.3 Å². The smallest absolute Gasteiger partial charge is 0.231 e. The molecule has 1 atom stereocenters. The van der Waals surface area contributed by atoms with Crippen LogP contribution >= 0.6 is 11.3 Å². The molecule has 23 heavy (non-hydrogen) atoms. The lowest BCUT2D eigenvalue weighted by Gasteiger charge is -2.30. The summed E-state index contributed by atoms with van der Waals surface area (Å²) in [7, 11) is 0. The Morgan fingerprint density at radius 3 is 2.87 bits per heavy atom. The maximum Gasteiger partial charge on any atom is 0.231 e. The fourth-order valence-corrected chi connectivity index (χ4v) is 3.85. The molecule has 0 aromatic carbocycles. The Bertz CT molecular complexity index is 539. The standard InChI is InChI=1S/C16H26N4O2S/c1-11-12(2)23-15(19-11)6-3-7-18-16(22)13-5-4-8-20(9-13)10-14(17)21/h13H,3-10H2,1-2H3,(H2,17,21)(H,18,22). The summed E-state index contributed by atoms with van der Waals surface area (Å²) in [5.41, 5.74) is 6.33. The minimum Gasteiger partial charge on any atom is -0.369 e. The fourth-order valence-electron chi connectivity index (χ4n) is 2.88. The number of carbonyl (C=O) groups is 2. The first-order valence-electron chi connectivity index (χ1n) is 8.17. The van der Waals surface area contributed by atoms with Crippen molar-refractivity contribution in [3.63, 3.8) is 0 Å².